The highest BCUT2D eigenvalue weighted by Gasteiger charge is 2.18. The number of nitrogens with zero attached hydrogens (tertiary/aromatic N) is 6. The van der Waals surface area contributed by atoms with E-state index in [2.05, 4.69) is 49.6 Å². The summed E-state index contributed by atoms with van der Waals surface area (Å²) in [6, 6.07) is 26.0. The molecule has 3 aromatic carbocycles. The van der Waals surface area contributed by atoms with Crippen LogP contribution in [0.3, 0.4) is 0 Å². The number of H-pyrrole nitrogens is 2. The van der Waals surface area contributed by atoms with Crippen LogP contribution in [-0.2, 0) is 25.9 Å². The van der Waals surface area contributed by atoms with Crippen LogP contribution in [0.1, 0.15) is 30.3 Å². The quantitative estimate of drug-likeness (QED) is 0.290. The summed E-state index contributed by atoms with van der Waals surface area (Å²) in [5.74, 6) is 1.38. The van der Waals surface area contributed by atoms with Crippen LogP contribution in [0.15, 0.2) is 88.5 Å². The molecule has 2 N–H and O–H groups in total. The number of aromatic nitrogens is 8. The van der Waals surface area contributed by atoms with E-state index >= 15 is 0 Å². The van der Waals surface area contributed by atoms with Crippen molar-refractivity contribution in [3.8, 4) is 22.5 Å². The molecule has 0 aliphatic heterocycles. The molecular formula is C30H28N8O2. The maximum atomic E-state index is 13.7. The van der Waals surface area contributed by atoms with Gasteiger partial charge in [-0.05, 0) is 45.5 Å². The van der Waals surface area contributed by atoms with Crippen LogP contribution in [0.2, 0.25) is 0 Å². The molecule has 0 spiro atoms. The van der Waals surface area contributed by atoms with Crippen LogP contribution in [0.4, 0.5) is 0 Å². The number of benzene rings is 3. The zero-order valence-corrected chi connectivity index (χ0v) is 22.0. The Morgan fingerprint density at radius 1 is 0.800 bits per heavy atom. The molecule has 40 heavy (non-hydrogen) atoms. The summed E-state index contributed by atoms with van der Waals surface area (Å²) >= 11 is 0. The second-order valence-corrected chi connectivity index (χ2v) is 9.68. The summed E-state index contributed by atoms with van der Waals surface area (Å²) in [6.07, 6.45) is 2.14. The van der Waals surface area contributed by atoms with Gasteiger partial charge >= 0.3 is 5.69 Å². The van der Waals surface area contributed by atoms with E-state index in [0.29, 0.717) is 36.4 Å². The van der Waals surface area contributed by atoms with Gasteiger partial charge in [-0.15, -0.1) is 5.10 Å². The third-order valence-corrected chi connectivity index (χ3v) is 7.04. The lowest BCUT2D eigenvalue weighted by Crippen LogP contribution is -2.36. The van der Waals surface area contributed by atoms with Crippen molar-refractivity contribution in [1.82, 2.24) is 39.7 Å². The Morgan fingerprint density at radius 3 is 2.27 bits per heavy atom. The number of hydrogen-bond acceptors (Lipinski definition) is 6. The zero-order valence-electron chi connectivity index (χ0n) is 22.0. The molecule has 0 saturated carbocycles. The molecule has 0 radical (unpaired) electrons. The van der Waals surface area contributed by atoms with Crippen molar-refractivity contribution in [2.45, 2.75) is 39.3 Å². The normalized spacial score (nSPS) is 11.3. The maximum absolute atomic E-state index is 13.7. The first-order valence-electron chi connectivity index (χ1n) is 13.3. The smallest absolute Gasteiger partial charge is 0.318 e. The number of rotatable bonds is 9. The Morgan fingerprint density at radius 2 is 1.55 bits per heavy atom. The number of fused-ring (bicyclic) bond motifs is 1. The molecule has 200 valence electrons. The Hall–Kier alpha value is -5.12. The Labute approximate surface area is 229 Å². The molecule has 0 amide bonds. The van der Waals surface area contributed by atoms with Crippen LogP contribution in [-0.4, -0.2) is 39.7 Å². The fourth-order valence-corrected chi connectivity index (χ4v) is 5.05. The topological polar surface area (TPSA) is 127 Å². The number of aromatic amines is 2. The molecule has 0 bridgehead atoms. The second kappa shape index (κ2) is 10.9. The lowest BCUT2D eigenvalue weighted by molar-refractivity contribution is 0.630. The van der Waals surface area contributed by atoms with Crippen molar-refractivity contribution < 1.29 is 0 Å². The lowest BCUT2D eigenvalue weighted by Gasteiger charge is -2.11. The molecule has 3 aromatic heterocycles. The minimum Gasteiger partial charge on any atom is -0.318 e. The summed E-state index contributed by atoms with van der Waals surface area (Å²) < 4.78 is 3.22. The van der Waals surface area contributed by atoms with Gasteiger partial charge in [0, 0.05) is 25.1 Å². The van der Waals surface area contributed by atoms with Gasteiger partial charge in [-0.1, -0.05) is 85.8 Å². The SMILES string of the molecule is CCCc1nc2[nH]c(=O)n(CCc3ccccc3)c(=O)c2n1Cc1ccc(-c2ccccc2-c2nnn[nH]2)cc1. The molecule has 10 heteroatoms. The summed E-state index contributed by atoms with van der Waals surface area (Å²) in [6.45, 7) is 2.82. The largest absolute Gasteiger partial charge is 0.330 e. The third-order valence-electron chi connectivity index (χ3n) is 7.04. The minimum atomic E-state index is -0.439. The van der Waals surface area contributed by atoms with Crippen molar-refractivity contribution in [3.05, 3.63) is 117 Å². The molecule has 6 aromatic rings. The van der Waals surface area contributed by atoms with E-state index in [0.717, 1.165) is 40.1 Å². The molecule has 10 nitrogen and oxygen atoms in total. The van der Waals surface area contributed by atoms with E-state index in [4.69, 9.17) is 0 Å². The standard InChI is InChI=1S/C30H28N8O2/c1-2-8-25-31-28-26(29(39)37(30(40)32-28)18-17-20-9-4-3-5-10-20)38(25)19-21-13-15-22(16-14-21)23-11-6-7-12-24(23)27-33-35-36-34-27/h3-7,9-16H,2,8,17-19H2,1H3,(H,32,40)(H,33,34,35,36). The minimum absolute atomic E-state index is 0.289. The van der Waals surface area contributed by atoms with Gasteiger partial charge in [-0.25, -0.2) is 14.9 Å². The van der Waals surface area contributed by atoms with Gasteiger partial charge < -0.3 is 4.57 Å². The van der Waals surface area contributed by atoms with Crippen LogP contribution in [0, 0.1) is 0 Å². The first kappa shape index (κ1) is 25.2. The molecule has 0 aliphatic rings. The second-order valence-electron chi connectivity index (χ2n) is 9.68. The molecule has 0 aliphatic carbocycles. The predicted molar refractivity (Wildman–Crippen MR) is 153 cm³/mol. The summed E-state index contributed by atoms with van der Waals surface area (Å²) in [5.41, 5.74) is 5.01. The molecule has 0 saturated heterocycles. The Kier molecular flexibility index (Phi) is 6.88. The van der Waals surface area contributed by atoms with Crippen molar-refractivity contribution in [2.75, 3.05) is 0 Å². The van der Waals surface area contributed by atoms with Crippen LogP contribution >= 0.6 is 0 Å². The number of hydrogen-bond donors (Lipinski definition) is 2. The van der Waals surface area contributed by atoms with Crippen LogP contribution in [0.5, 0.6) is 0 Å². The van der Waals surface area contributed by atoms with Gasteiger partial charge in [0.15, 0.2) is 17.0 Å². The van der Waals surface area contributed by atoms with Gasteiger partial charge in [0.05, 0.1) is 0 Å². The summed E-state index contributed by atoms with van der Waals surface area (Å²) in [7, 11) is 0. The number of imidazole rings is 1. The van der Waals surface area contributed by atoms with Crippen LogP contribution < -0.4 is 11.2 Å². The van der Waals surface area contributed by atoms with E-state index in [9.17, 15) is 9.59 Å². The first-order chi connectivity index (χ1) is 19.6. The fourth-order valence-electron chi connectivity index (χ4n) is 5.05. The van der Waals surface area contributed by atoms with E-state index in [-0.39, 0.29) is 12.1 Å². The van der Waals surface area contributed by atoms with Crippen molar-refractivity contribution in [2.24, 2.45) is 0 Å². The van der Waals surface area contributed by atoms with E-state index in [1.165, 1.54) is 4.57 Å². The van der Waals surface area contributed by atoms with Crippen molar-refractivity contribution in [1.29, 1.82) is 0 Å². The summed E-state index contributed by atoms with van der Waals surface area (Å²) in [5, 5.41) is 14.3. The first-order valence-corrected chi connectivity index (χ1v) is 13.3. The molecule has 3 heterocycles. The average Bonchev–Trinajstić information content (AvgIpc) is 3.63. The van der Waals surface area contributed by atoms with E-state index in [1.807, 2.05) is 71.3 Å². The van der Waals surface area contributed by atoms with Gasteiger partial charge in [-0.3, -0.25) is 14.3 Å². The lowest BCUT2D eigenvalue weighted by atomic mass is 9.98. The average molecular weight is 533 g/mol. The Bertz CT molecular complexity index is 1870. The number of aryl methyl sites for hydroxylation is 2. The predicted octanol–water partition coefficient (Wildman–Crippen LogP) is 3.98. The monoisotopic (exact) mass is 532 g/mol. The van der Waals surface area contributed by atoms with E-state index < -0.39 is 5.69 Å². The van der Waals surface area contributed by atoms with E-state index in [1.54, 1.807) is 0 Å². The molecule has 0 atom stereocenters. The molecular weight excluding hydrogens is 504 g/mol. The molecule has 0 fully saturated rings. The maximum Gasteiger partial charge on any atom is 0.330 e. The highest BCUT2D eigenvalue weighted by atomic mass is 16.2. The summed E-state index contributed by atoms with van der Waals surface area (Å²) in [4.78, 5) is 34.0. The van der Waals surface area contributed by atoms with Gasteiger partial charge in [0.1, 0.15) is 5.82 Å². The Balaban J connectivity index is 1.35. The van der Waals surface area contributed by atoms with Gasteiger partial charge in [0.2, 0.25) is 0 Å². The highest BCUT2D eigenvalue weighted by molar-refractivity contribution is 5.80. The number of nitrogens with one attached hydrogen (secondary N) is 2. The van der Waals surface area contributed by atoms with Crippen LogP contribution in [0.25, 0.3) is 33.7 Å². The highest BCUT2D eigenvalue weighted by Crippen LogP contribution is 2.30. The molecule has 0 unspecified atom stereocenters. The van der Waals surface area contributed by atoms with Gasteiger partial charge in [-0.2, -0.15) is 0 Å². The zero-order chi connectivity index (χ0) is 27.5. The fraction of sp³-hybridized carbons (Fsp3) is 0.200. The van der Waals surface area contributed by atoms with Gasteiger partial charge in [0.25, 0.3) is 5.56 Å². The molecule has 6 rings (SSSR count). The third kappa shape index (κ3) is 4.86. The number of tetrazole rings is 1. The van der Waals surface area contributed by atoms with Crippen molar-refractivity contribution in [3.63, 3.8) is 0 Å². The van der Waals surface area contributed by atoms with Crippen molar-refractivity contribution >= 4 is 11.2 Å².